The van der Waals surface area contributed by atoms with Gasteiger partial charge >= 0.3 is 0 Å². The monoisotopic (exact) mass is 239 g/mol. The van der Waals surface area contributed by atoms with Crippen LogP contribution in [0.3, 0.4) is 0 Å². The minimum atomic E-state index is -0.742. The molecule has 96 valence electrons. The smallest absolute Gasteiger partial charge is 0.164 e. The lowest BCUT2D eigenvalue weighted by Gasteiger charge is -2.57. The number of fused-ring (bicyclic) bond motifs is 3. The third kappa shape index (κ3) is 1.38. The van der Waals surface area contributed by atoms with Crippen molar-refractivity contribution in [2.45, 2.75) is 31.2 Å². The highest BCUT2D eigenvalue weighted by atomic mass is 16.5. The van der Waals surface area contributed by atoms with E-state index in [1.807, 2.05) is 0 Å². The third-order valence-corrected chi connectivity index (χ3v) is 5.14. The largest absolute Gasteiger partial charge is 0.394 e. The van der Waals surface area contributed by atoms with Gasteiger partial charge in [-0.2, -0.15) is 0 Å². The molecule has 3 heterocycles. The predicted octanol–water partition coefficient (Wildman–Crippen LogP) is 0.439. The van der Waals surface area contributed by atoms with Crippen LogP contribution in [0.25, 0.3) is 0 Å². The molecule has 1 aliphatic carbocycles. The molecule has 1 N–H and O–H groups in total. The summed E-state index contributed by atoms with van der Waals surface area (Å²) in [5.74, 6) is 0.842. The van der Waals surface area contributed by atoms with Gasteiger partial charge in [-0.3, -0.25) is 9.69 Å². The SMILES string of the molecule is COC[C@@]1(CO)C(=O)C2(C3CC3)CCN1CC2. The van der Waals surface area contributed by atoms with Crippen molar-refractivity contribution >= 4 is 5.78 Å². The number of methoxy groups -OCH3 is 1. The van der Waals surface area contributed by atoms with Crippen LogP contribution in [0.5, 0.6) is 0 Å². The average Bonchev–Trinajstić information content (AvgIpc) is 3.19. The van der Waals surface area contributed by atoms with Gasteiger partial charge in [0.2, 0.25) is 0 Å². The van der Waals surface area contributed by atoms with Crippen LogP contribution in [0.1, 0.15) is 25.7 Å². The highest BCUT2D eigenvalue weighted by molar-refractivity contribution is 5.96. The van der Waals surface area contributed by atoms with Crippen LogP contribution >= 0.6 is 0 Å². The summed E-state index contributed by atoms with van der Waals surface area (Å²) in [4.78, 5) is 15.0. The van der Waals surface area contributed by atoms with Gasteiger partial charge in [0, 0.05) is 25.6 Å². The maximum atomic E-state index is 12.9. The van der Waals surface area contributed by atoms with Gasteiger partial charge in [0.15, 0.2) is 5.78 Å². The van der Waals surface area contributed by atoms with Crippen LogP contribution in [0, 0.1) is 11.3 Å². The summed E-state index contributed by atoms with van der Waals surface area (Å²) in [5.41, 5.74) is -0.871. The summed E-state index contributed by atoms with van der Waals surface area (Å²) in [7, 11) is 1.61. The lowest BCUT2D eigenvalue weighted by Crippen LogP contribution is -2.73. The molecule has 0 spiro atoms. The van der Waals surface area contributed by atoms with E-state index in [1.165, 1.54) is 12.8 Å². The second-order valence-corrected chi connectivity index (χ2v) is 5.87. The summed E-state index contributed by atoms with van der Waals surface area (Å²) in [6, 6.07) is 0. The molecular weight excluding hydrogens is 218 g/mol. The standard InChI is InChI=1S/C13H21NO3/c1-17-9-13(8-15)11(16)12(10-2-3-10)4-6-14(13)7-5-12/h10,15H,2-9H2,1H3/t13-/m0/s1. The number of carbonyl (C=O) groups is 1. The van der Waals surface area contributed by atoms with Crippen LogP contribution < -0.4 is 0 Å². The van der Waals surface area contributed by atoms with E-state index in [9.17, 15) is 9.90 Å². The van der Waals surface area contributed by atoms with E-state index in [0.29, 0.717) is 12.5 Å². The Hall–Kier alpha value is -0.450. The summed E-state index contributed by atoms with van der Waals surface area (Å²) in [6.45, 7) is 2.10. The molecule has 0 radical (unpaired) electrons. The molecular formula is C13H21NO3. The van der Waals surface area contributed by atoms with E-state index < -0.39 is 5.54 Å². The Kier molecular flexibility index (Phi) is 2.58. The predicted molar refractivity (Wildman–Crippen MR) is 62.7 cm³/mol. The Bertz CT molecular complexity index is 332. The quantitative estimate of drug-likeness (QED) is 0.773. The fourth-order valence-corrected chi connectivity index (χ4v) is 4.01. The molecule has 1 saturated carbocycles. The highest BCUT2D eigenvalue weighted by Crippen LogP contribution is 2.57. The number of nitrogens with zero attached hydrogens (tertiary/aromatic N) is 1. The normalized spacial score (nSPS) is 45.3. The summed E-state index contributed by atoms with van der Waals surface area (Å²) in [6.07, 6.45) is 4.37. The van der Waals surface area contributed by atoms with Gasteiger partial charge in [0.05, 0.1) is 13.2 Å². The van der Waals surface area contributed by atoms with Gasteiger partial charge in [-0.25, -0.2) is 0 Å². The zero-order valence-electron chi connectivity index (χ0n) is 10.4. The second kappa shape index (κ2) is 3.77. The van der Waals surface area contributed by atoms with E-state index >= 15 is 0 Å². The highest BCUT2D eigenvalue weighted by Gasteiger charge is 2.64. The van der Waals surface area contributed by atoms with Crippen LogP contribution in [0.15, 0.2) is 0 Å². The zero-order chi connectivity index (χ0) is 12.1. The Labute approximate surface area is 102 Å². The fourth-order valence-electron chi connectivity index (χ4n) is 4.01. The number of ketones is 1. The van der Waals surface area contributed by atoms with Gasteiger partial charge in [0.1, 0.15) is 5.54 Å². The molecule has 4 rings (SSSR count). The first kappa shape index (κ1) is 11.6. The number of hydrogen-bond acceptors (Lipinski definition) is 4. The molecule has 4 fully saturated rings. The number of rotatable bonds is 4. The lowest BCUT2D eigenvalue weighted by molar-refractivity contribution is -0.173. The molecule has 0 amide bonds. The molecule has 4 nitrogen and oxygen atoms in total. The molecule has 4 heteroatoms. The van der Waals surface area contributed by atoms with Crippen LogP contribution in [0.2, 0.25) is 0 Å². The molecule has 4 aliphatic rings. The van der Waals surface area contributed by atoms with E-state index in [1.54, 1.807) is 7.11 Å². The molecule has 2 bridgehead atoms. The van der Waals surface area contributed by atoms with E-state index in [2.05, 4.69) is 4.90 Å². The number of carbonyl (C=O) groups excluding carboxylic acids is 1. The second-order valence-electron chi connectivity index (χ2n) is 5.87. The summed E-state index contributed by atoms with van der Waals surface area (Å²) < 4.78 is 5.22. The number of hydrogen-bond donors (Lipinski definition) is 1. The van der Waals surface area contributed by atoms with E-state index in [4.69, 9.17) is 4.74 Å². The fraction of sp³-hybridized carbons (Fsp3) is 0.923. The molecule has 0 aromatic heterocycles. The Morgan fingerprint density at radius 3 is 2.53 bits per heavy atom. The van der Waals surface area contributed by atoms with Crippen molar-refractivity contribution in [1.82, 2.24) is 4.90 Å². The van der Waals surface area contributed by atoms with Gasteiger partial charge in [0.25, 0.3) is 0 Å². The van der Waals surface area contributed by atoms with Crippen molar-refractivity contribution in [3.63, 3.8) is 0 Å². The van der Waals surface area contributed by atoms with Gasteiger partial charge in [-0.15, -0.1) is 0 Å². The molecule has 1 atom stereocenters. The Morgan fingerprint density at radius 2 is 2.06 bits per heavy atom. The molecule has 0 unspecified atom stereocenters. The Balaban J connectivity index is 1.97. The molecule has 3 saturated heterocycles. The molecule has 0 aromatic rings. The minimum absolute atomic E-state index is 0.103. The van der Waals surface area contributed by atoms with E-state index in [-0.39, 0.29) is 17.8 Å². The maximum Gasteiger partial charge on any atom is 0.164 e. The molecule has 3 aliphatic heterocycles. The first-order chi connectivity index (χ1) is 8.19. The third-order valence-electron chi connectivity index (χ3n) is 5.14. The first-order valence-corrected chi connectivity index (χ1v) is 6.59. The van der Waals surface area contributed by atoms with Gasteiger partial charge < -0.3 is 9.84 Å². The average molecular weight is 239 g/mol. The van der Waals surface area contributed by atoms with Crippen molar-refractivity contribution in [2.75, 3.05) is 33.4 Å². The van der Waals surface area contributed by atoms with Crippen molar-refractivity contribution in [2.24, 2.45) is 11.3 Å². The van der Waals surface area contributed by atoms with Crippen molar-refractivity contribution in [3.8, 4) is 0 Å². The van der Waals surface area contributed by atoms with Crippen molar-refractivity contribution in [3.05, 3.63) is 0 Å². The van der Waals surface area contributed by atoms with Crippen LogP contribution in [0.4, 0.5) is 0 Å². The number of piperidine rings is 3. The number of ether oxygens (including phenoxy) is 1. The van der Waals surface area contributed by atoms with Crippen LogP contribution in [-0.2, 0) is 9.53 Å². The van der Waals surface area contributed by atoms with Gasteiger partial charge in [-0.1, -0.05) is 0 Å². The Morgan fingerprint density at radius 1 is 1.41 bits per heavy atom. The maximum absolute atomic E-state index is 12.9. The minimum Gasteiger partial charge on any atom is -0.394 e. The van der Waals surface area contributed by atoms with Crippen LogP contribution in [-0.4, -0.2) is 54.7 Å². The summed E-state index contributed by atoms with van der Waals surface area (Å²) in [5, 5.41) is 9.74. The molecule has 17 heavy (non-hydrogen) atoms. The zero-order valence-corrected chi connectivity index (χ0v) is 10.4. The van der Waals surface area contributed by atoms with E-state index in [0.717, 1.165) is 25.9 Å². The number of aliphatic hydroxyl groups excluding tert-OH is 1. The first-order valence-electron chi connectivity index (χ1n) is 6.59. The number of aliphatic hydroxyl groups is 1. The van der Waals surface area contributed by atoms with Gasteiger partial charge in [-0.05, 0) is 31.6 Å². The number of Topliss-reactive ketones (excluding diaryl/α,β-unsaturated/α-hetero) is 1. The lowest BCUT2D eigenvalue weighted by atomic mass is 9.60. The topological polar surface area (TPSA) is 49.8 Å². The van der Waals surface area contributed by atoms with Crippen molar-refractivity contribution < 1.29 is 14.6 Å². The summed E-state index contributed by atoms with van der Waals surface area (Å²) >= 11 is 0. The van der Waals surface area contributed by atoms with Crippen molar-refractivity contribution in [1.29, 1.82) is 0 Å². The molecule has 0 aromatic carbocycles.